The molecule has 1 saturated heterocycles. The van der Waals surface area contributed by atoms with Crippen LogP contribution >= 0.6 is 35.2 Å². The molecule has 0 aromatic carbocycles. The van der Waals surface area contributed by atoms with Gasteiger partial charge in [0.05, 0.1) is 19.5 Å². The zero-order valence-corrected chi connectivity index (χ0v) is 44.5. The molecule has 2 unspecified atom stereocenters. The minimum absolute atomic E-state index is 0.0337. The predicted octanol–water partition coefficient (Wildman–Crippen LogP) is 6.26. The van der Waals surface area contributed by atoms with E-state index in [2.05, 4.69) is 53.5 Å². The molecule has 1 fully saturated rings. The van der Waals surface area contributed by atoms with Crippen molar-refractivity contribution in [2.24, 2.45) is 5.41 Å². The number of phosphoric ester groups is 3. The van der Waals surface area contributed by atoms with Crippen LogP contribution in [0.15, 0.2) is 24.8 Å². The summed E-state index contributed by atoms with van der Waals surface area (Å²) in [7, 11) is -16.4. The first-order valence-electron chi connectivity index (χ1n) is 24.3. The number of hydrogen-bond donors (Lipinski definition) is 9. The van der Waals surface area contributed by atoms with Crippen molar-refractivity contribution in [2.45, 2.75) is 173 Å². The first-order valence-corrected chi connectivity index (χ1v) is 29.8. The van der Waals surface area contributed by atoms with Crippen LogP contribution in [0.4, 0.5) is 5.82 Å². The maximum absolute atomic E-state index is 12.8. The van der Waals surface area contributed by atoms with E-state index in [9.17, 15) is 57.9 Å². The number of imidazole rings is 1. The van der Waals surface area contributed by atoms with E-state index in [1.807, 2.05) is 0 Å². The number of ether oxygens (including phenoxy) is 1. The summed E-state index contributed by atoms with van der Waals surface area (Å²) in [4.78, 5) is 88.5. The summed E-state index contributed by atoms with van der Waals surface area (Å²) in [5.41, 5.74) is 4.29. The van der Waals surface area contributed by atoms with E-state index in [0.717, 1.165) is 48.2 Å². The number of nitrogens with two attached hydrogens (primary N) is 1. The number of carbonyl (C=O) groups excluding carboxylic acids is 3. The number of aromatic nitrogens is 4. The Morgan fingerprint density at radius 1 is 0.845 bits per heavy atom. The molecular weight excluding hydrogens is 1010 g/mol. The molecule has 28 heteroatoms. The number of carbonyl (C=O) groups is 3. The van der Waals surface area contributed by atoms with E-state index >= 15 is 0 Å². The van der Waals surface area contributed by atoms with Crippen LogP contribution in [0.3, 0.4) is 0 Å². The average Bonchev–Trinajstić information content (AvgIpc) is 3.86. The van der Waals surface area contributed by atoms with Gasteiger partial charge in [-0.15, -0.1) is 0 Å². The number of aliphatic hydroxyl groups is 2. The third-order valence-corrected chi connectivity index (χ3v) is 15.4. The number of phosphoric acid groups is 3. The molecule has 1 aliphatic heterocycles. The number of rotatable bonds is 38. The number of allylic oxidation sites excluding steroid dienone is 2. The number of hydrogen-bond acceptors (Lipinski definition) is 18. The maximum atomic E-state index is 12.8. The molecule has 0 radical (unpaired) electrons. The van der Waals surface area contributed by atoms with Crippen molar-refractivity contribution < 1.29 is 80.5 Å². The Kier molecular flexibility index (Phi) is 28.1. The molecule has 0 spiro atoms. The van der Waals surface area contributed by atoms with E-state index in [-0.39, 0.29) is 41.6 Å². The van der Waals surface area contributed by atoms with E-state index < -0.39 is 84.6 Å². The highest BCUT2D eigenvalue weighted by Gasteiger charge is 2.50. The number of aliphatic hydroxyl groups excluding tert-OH is 2. The van der Waals surface area contributed by atoms with Crippen LogP contribution in [0.1, 0.15) is 149 Å². The minimum atomic E-state index is -5.58. The molecule has 24 nitrogen and oxygen atoms in total. The van der Waals surface area contributed by atoms with E-state index in [0.29, 0.717) is 12.2 Å². The molecule has 71 heavy (non-hydrogen) atoms. The Morgan fingerprint density at radius 3 is 2.06 bits per heavy atom. The Labute approximate surface area is 419 Å². The van der Waals surface area contributed by atoms with Crippen molar-refractivity contribution in [3.63, 3.8) is 0 Å². The van der Waals surface area contributed by atoms with Crippen LogP contribution in [0.2, 0.25) is 0 Å². The third kappa shape index (κ3) is 24.5. The molecule has 2 amide bonds. The largest absolute Gasteiger partial charge is 0.481 e. The second-order valence-corrected chi connectivity index (χ2v) is 23.4. The quantitative estimate of drug-likeness (QED) is 0.0203. The van der Waals surface area contributed by atoms with Crippen LogP contribution in [0.5, 0.6) is 0 Å². The Bertz CT molecular complexity index is 2120. The smallest absolute Gasteiger partial charge is 0.386 e. The van der Waals surface area contributed by atoms with Gasteiger partial charge in [-0.2, -0.15) is 4.31 Å². The lowest BCUT2D eigenvalue weighted by Gasteiger charge is -2.30. The van der Waals surface area contributed by atoms with Gasteiger partial charge in [-0.3, -0.25) is 32.5 Å². The summed E-state index contributed by atoms with van der Waals surface area (Å²) in [5.74, 6) is -1.02. The Morgan fingerprint density at radius 2 is 1.44 bits per heavy atom. The zero-order valence-electron chi connectivity index (χ0n) is 41.0. The lowest BCUT2D eigenvalue weighted by molar-refractivity contribution is -0.137. The molecule has 2 aromatic heterocycles. The van der Waals surface area contributed by atoms with Crippen LogP contribution in [-0.4, -0.2) is 123 Å². The highest BCUT2D eigenvalue weighted by Crippen LogP contribution is 2.61. The van der Waals surface area contributed by atoms with Gasteiger partial charge in [0.15, 0.2) is 22.8 Å². The SMILES string of the molecule is CCCCCCCCC=CCCCCCCCCCCCC(=O)SCCNC(=O)CCNC(=O)[C@H](O)C(C)(C)COP(=O)(O)OP(=O)(O)OC[C@H]1O[C@@H](n2cnc3c(N)ncnc32)[C@H](O)[C@@H]1OP(=O)(O)O. The van der Waals surface area contributed by atoms with Crippen molar-refractivity contribution in [1.29, 1.82) is 0 Å². The predicted molar refractivity (Wildman–Crippen MR) is 265 cm³/mol. The molecule has 0 aliphatic carbocycles. The summed E-state index contributed by atoms with van der Waals surface area (Å²) >= 11 is 1.16. The summed E-state index contributed by atoms with van der Waals surface area (Å²) < 4.78 is 62.5. The topological polar surface area (TPSA) is 364 Å². The number of anilines is 1. The molecule has 3 heterocycles. The molecule has 0 bridgehead atoms. The first-order chi connectivity index (χ1) is 33.6. The third-order valence-electron chi connectivity index (χ3n) is 11.4. The lowest BCUT2D eigenvalue weighted by Crippen LogP contribution is -2.46. The van der Waals surface area contributed by atoms with Crippen molar-refractivity contribution in [3.8, 4) is 0 Å². The number of nitrogen functional groups attached to an aromatic ring is 1. The van der Waals surface area contributed by atoms with E-state index in [1.54, 1.807) is 0 Å². The number of nitrogens with one attached hydrogen (secondary N) is 2. The van der Waals surface area contributed by atoms with E-state index in [4.69, 9.17) is 19.5 Å². The summed E-state index contributed by atoms with van der Waals surface area (Å²) in [5, 5.41) is 26.7. The van der Waals surface area contributed by atoms with Crippen molar-refractivity contribution >= 4 is 69.1 Å². The number of thioether (sulfide) groups is 1. The fourth-order valence-corrected chi connectivity index (χ4v) is 11.0. The van der Waals surface area contributed by atoms with Gasteiger partial charge in [0.25, 0.3) is 0 Å². The Hall–Kier alpha value is -2.70. The van der Waals surface area contributed by atoms with Crippen LogP contribution in [-0.2, 0) is 50.7 Å². The van der Waals surface area contributed by atoms with Gasteiger partial charge in [-0.05, 0) is 32.1 Å². The molecule has 406 valence electrons. The van der Waals surface area contributed by atoms with Gasteiger partial charge in [-0.1, -0.05) is 122 Å². The standard InChI is InChI=1S/C43H76N7O17P3S/c1-4-5-6-7-8-9-10-11-12-13-14-15-16-17-18-19-20-21-22-23-34(52)71-27-26-45-33(51)24-25-46-41(55)38(54)43(2,3)29-64-70(61,62)67-69(59,60)63-28-32-37(66-68(56,57)58)36(53)42(65-32)50-31-49-35-39(44)47-30-48-40(35)50/h11-12,30-32,36-38,42,53-54H,4-10,13-29H2,1-3H3,(H,45,51)(H,46,55)(H,59,60)(H,61,62)(H2,44,47,48)(H2,56,57,58)/t32-,36-,37-,38+,42-/m1/s1. The monoisotopic (exact) mass is 1090 g/mol. The van der Waals surface area contributed by atoms with Crippen LogP contribution in [0, 0.1) is 5.41 Å². The second kappa shape index (κ2) is 31.9. The molecule has 10 N–H and O–H groups in total. The van der Waals surface area contributed by atoms with Crippen LogP contribution in [0.25, 0.3) is 11.2 Å². The number of unbranched alkanes of at least 4 members (excludes halogenated alkanes) is 15. The number of amides is 2. The van der Waals surface area contributed by atoms with Crippen molar-refractivity contribution in [2.75, 3.05) is 37.8 Å². The summed E-state index contributed by atoms with van der Waals surface area (Å²) in [6, 6.07) is 0. The number of fused-ring (bicyclic) bond motifs is 1. The van der Waals surface area contributed by atoms with Gasteiger partial charge in [-0.25, -0.2) is 28.6 Å². The molecule has 2 aromatic rings. The molecule has 7 atom stereocenters. The van der Waals surface area contributed by atoms with Gasteiger partial charge >= 0.3 is 23.5 Å². The summed E-state index contributed by atoms with van der Waals surface area (Å²) in [6.07, 6.45) is 19.1. The molecule has 0 saturated carbocycles. The summed E-state index contributed by atoms with van der Waals surface area (Å²) in [6.45, 7) is 2.82. The fourth-order valence-electron chi connectivity index (χ4n) is 7.41. The van der Waals surface area contributed by atoms with Crippen LogP contribution < -0.4 is 16.4 Å². The van der Waals surface area contributed by atoms with Gasteiger partial charge < -0.3 is 50.9 Å². The minimum Gasteiger partial charge on any atom is -0.386 e. The zero-order chi connectivity index (χ0) is 52.5. The highest BCUT2D eigenvalue weighted by molar-refractivity contribution is 8.13. The van der Waals surface area contributed by atoms with Gasteiger partial charge in [0.2, 0.25) is 11.8 Å². The molecule has 1 aliphatic rings. The van der Waals surface area contributed by atoms with Crippen molar-refractivity contribution in [3.05, 3.63) is 24.8 Å². The van der Waals surface area contributed by atoms with Gasteiger partial charge in [0.1, 0.15) is 36.3 Å². The maximum Gasteiger partial charge on any atom is 0.481 e. The van der Waals surface area contributed by atoms with E-state index in [1.165, 1.54) is 104 Å². The molecular formula is C43H76N7O17P3S. The highest BCUT2D eigenvalue weighted by atomic mass is 32.2. The van der Waals surface area contributed by atoms with Crippen molar-refractivity contribution in [1.82, 2.24) is 30.2 Å². The normalized spacial score (nSPS) is 19.7. The van der Waals surface area contributed by atoms with Gasteiger partial charge in [0, 0.05) is 37.1 Å². The molecule has 3 rings (SSSR count). The fraction of sp³-hybridized carbons (Fsp3) is 0.767. The second-order valence-electron chi connectivity index (χ2n) is 18.0. The lowest BCUT2D eigenvalue weighted by atomic mass is 9.87. The first kappa shape index (κ1) is 62.6. The number of nitrogens with zero attached hydrogens (tertiary/aromatic N) is 4. The Balaban J connectivity index is 1.25. The average molecular weight is 1090 g/mol.